The third-order valence-electron chi connectivity index (χ3n) is 5.98. The van der Waals surface area contributed by atoms with Crippen molar-refractivity contribution >= 4 is 34.4 Å². The fourth-order valence-electron chi connectivity index (χ4n) is 4.75. The van der Waals surface area contributed by atoms with E-state index in [4.69, 9.17) is 12.2 Å². The van der Waals surface area contributed by atoms with Crippen molar-refractivity contribution in [2.45, 2.75) is 39.8 Å². The molecule has 1 N–H and O–H groups in total. The quantitative estimate of drug-likeness (QED) is 0.394. The fourth-order valence-corrected chi connectivity index (χ4v) is 5.84. The first kappa shape index (κ1) is 20.8. The molecule has 1 saturated heterocycles. The van der Waals surface area contributed by atoms with Gasteiger partial charge >= 0.3 is 0 Å². The second-order valence-corrected chi connectivity index (χ2v) is 9.58. The van der Waals surface area contributed by atoms with Crippen LogP contribution in [0.4, 0.5) is 5.69 Å². The number of pyridine rings is 1. The lowest BCUT2D eigenvalue weighted by Crippen LogP contribution is -2.29. The van der Waals surface area contributed by atoms with Crippen molar-refractivity contribution in [3.8, 4) is 5.13 Å². The third-order valence-corrected chi connectivity index (χ3v) is 7.05. The van der Waals surface area contributed by atoms with Gasteiger partial charge in [-0.2, -0.15) is 0 Å². The maximum absolute atomic E-state index is 5.90. The van der Waals surface area contributed by atoms with E-state index >= 15 is 0 Å². The zero-order chi connectivity index (χ0) is 22.4. The molecule has 1 fully saturated rings. The largest absolute Gasteiger partial charge is 0.351 e. The highest BCUT2D eigenvalue weighted by atomic mass is 32.1. The van der Waals surface area contributed by atoms with Crippen LogP contribution in [-0.4, -0.2) is 19.6 Å². The molecule has 0 radical (unpaired) electrons. The summed E-state index contributed by atoms with van der Waals surface area (Å²) in [6.07, 6.45) is 3.69. The highest BCUT2D eigenvalue weighted by Crippen LogP contribution is 2.44. The molecule has 4 heterocycles. The zero-order valence-electron chi connectivity index (χ0n) is 18.5. The van der Waals surface area contributed by atoms with Crippen LogP contribution in [0.1, 0.15) is 45.9 Å². The van der Waals surface area contributed by atoms with Crippen molar-refractivity contribution in [1.29, 1.82) is 0 Å². The number of nitrogens with zero attached hydrogens (tertiary/aromatic N) is 4. The summed E-state index contributed by atoms with van der Waals surface area (Å²) in [6.45, 7) is 8.56. The van der Waals surface area contributed by atoms with E-state index in [2.05, 4.69) is 82.8 Å². The molecule has 0 amide bonds. The van der Waals surface area contributed by atoms with Gasteiger partial charge in [0.25, 0.3) is 0 Å². The first-order chi connectivity index (χ1) is 15.4. The van der Waals surface area contributed by atoms with Gasteiger partial charge in [-0.3, -0.25) is 9.55 Å². The van der Waals surface area contributed by atoms with Gasteiger partial charge in [0.2, 0.25) is 0 Å². The molecule has 5 rings (SSSR count). The highest BCUT2D eigenvalue weighted by molar-refractivity contribution is 7.80. The first-order valence-electron chi connectivity index (χ1n) is 10.6. The number of anilines is 1. The van der Waals surface area contributed by atoms with E-state index in [1.165, 1.54) is 22.4 Å². The summed E-state index contributed by atoms with van der Waals surface area (Å²) in [5, 5.41) is 7.28. The Hall–Kier alpha value is -3.03. The summed E-state index contributed by atoms with van der Waals surface area (Å²) in [4.78, 5) is 11.5. The van der Waals surface area contributed by atoms with Crippen LogP contribution in [0.15, 0.2) is 60.2 Å². The lowest BCUT2D eigenvalue weighted by molar-refractivity contribution is 0.565. The molecule has 3 aromatic heterocycles. The SMILES string of the molecule is Cc1cc(C)cc(N2C(=S)N[C@H](c3ccccn3)[C@@H]2c2cc(C)n(-c3nccs3)c2C)c1. The second-order valence-electron chi connectivity index (χ2n) is 8.32. The zero-order valence-corrected chi connectivity index (χ0v) is 20.2. The second kappa shape index (κ2) is 8.15. The van der Waals surface area contributed by atoms with Crippen molar-refractivity contribution in [3.05, 3.63) is 94.0 Å². The number of aryl methyl sites for hydroxylation is 3. The molecule has 7 heteroatoms. The van der Waals surface area contributed by atoms with E-state index in [0.29, 0.717) is 0 Å². The number of thiazole rings is 1. The van der Waals surface area contributed by atoms with Crippen LogP contribution in [-0.2, 0) is 0 Å². The van der Waals surface area contributed by atoms with Gasteiger partial charge in [0.05, 0.1) is 17.8 Å². The van der Waals surface area contributed by atoms with Gasteiger partial charge in [0, 0.05) is 34.8 Å². The lowest BCUT2D eigenvalue weighted by Gasteiger charge is -2.28. The molecule has 0 spiro atoms. The fraction of sp³-hybridized carbons (Fsp3) is 0.240. The molecule has 1 aliphatic heterocycles. The Kier molecular flexibility index (Phi) is 5.31. The summed E-state index contributed by atoms with van der Waals surface area (Å²) in [7, 11) is 0. The molecule has 4 aromatic rings. The molecule has 0 aliphatic carbocycles. The van der Waals surface area contributed by atoms with Crippen LogP contribution in [0.25, 0.3) is 5.13 Å². The number of hydrogen-bond acceptors (Lipinski definition) is 4. The molecular weight excluding hydrogens is 434 g/mol. The van der Waals surface area contributed by atoms with E-state index in [0.717, 1.165) is 27.3 Å². The van der Waals surface area contributed by atoms with Crippen LogP contribution in [0.2, 0.25) is 0 Å². The molecular formula is C25H25N5S2. The van der Waals surface area contributed by atoms with E-state index in [1.807, 2.05) is 29.9 Å². The first-order valence-corrected chi connectivity index (χ1v) is 11.9. The van der Waals surface area contributed by atoms with Gasteiger partial charge < -0.3 is 10.2 Å². The Bertz CT molecular complexity index is 1260. The Labute approximate surface area is 197 Å². The number of nitrogens with one attached hydrogen (secondary N) is 1. The van der Waals surface area contributed by atoms with Crippen LogP contribution in [0.5, 0.6) is 0 Å². The molecule has 1 aromatic carbocycles. The molecule has 0 unspecified atom stereocenters. The van der Waals surface area contributed by atoms with E-state index in [1.54, 1.807) is 11.3 Å². The van der Waals surface area contributed by atoms with Crippen molar-refractivity contribution in [2.75, 3.05) is 4.90 Å². The normalized spacial score (nSPS) is 18.2. The van der Waals surface area contributed by atoms with Crippen molar-refractivity contribution in [1.82, 2.24) is 19.9 Å². The summed E-state index contributed by atoms with van der Waals surface area (Å²) in [6, 6.07) is 14.8. The highest BCUT2D eigenvalue weighted by Gasteiger charge is 2.42. The Balaban J connectivity index is 1.70. The van der Waals surface area contributed by atoms with Crippen LogP contribution in [0.3, 0.4) is 0 Å². The third kappa shape index (κ3) is 3.51. The van der Waals surface area contributed by atoms with Crippen LogP contribution >= 0.6 is 23.6 Å². The Morgan fingerprint density at radius 2 is 1.75 bits per heavy atom. The molecule has 1 aliphatic rings. The number of aromatic nitrogens is 3. The monoisotopic (exact) mass is 459 g/mol. The minimum absolute atomic E-state index is 0.0292. The topological polar surface area (TPSA) is 46.0 Å². The Morgan fingerprint density at radius 1 is 0.969 bits per heavy atom. The average molecular weight is 460 g/mol. The van der Waals surface area contributed by atoms with Gasteiger partial charge in [-0.1, -0.05) is 12.1 Å². The van der Waals surface area contributed by atoms with E-state index < -0.39 is 0 Å². The number of thiocarbonyl (C=S) groups is 1. The average Bonchev–Trinajstić information content (AvgIpc) is 3.46. The van der Waals surface area contributed by atoms with Gasteiger partial charge in [-0.15, -0.1) is 11.3 Å². The smallest absolute Gasteiger partial charge is 0.193 e. The van der Waals surface area contributed by atoms with Crippen LogP contribution < -0.4 is 10.2 Å². The van der Waals surface area contributed by atoms with Crippen molar-refractivity contribution in [2.24, 2.45) is 0 Å². The summed E-state index contributed by atoms with van der Waals surface area (Å²) in [5.74, 6) is 0. The maximum Gasteiger partial charge on any atom is 0.193 e. The molecule has 0 bridgehead atoms. The maximum atomic E-state index is 5.90. The lowest BCUT2D eigenvalue weighted by atomic mass is 9.96. The van der Waals surface area contributed by atoms with E-state index in [-0.39, 0.29) is 12.1 Å². The number of benzene rings is 1. The molecule has 2 atom stereocenters. The predicted molar refractivity (Wildman–Crippen MR) is 135 cm³/mol. The number of rotatable bonds is 4. The van der Waals surface area contributed by atoms with Crippen LogP contribution in [0, 0.1) is 27.7 Å². The Morgan fingerprint density at radius 3 is 2.41 bits per heavy atom. The number of hydrogen-bond donors (Lipinski definition) is 1. The van der Waals surface area contributed by atoms with Gasteiger partial charge in [0.15, 0.2) is 10.2 Å². The molecule has 5 nitrogen and oxygen atoms in total. The minimum Gasteiger partial charge on any atom is -0.351 e. The van der Waals surface area contributed by atoms with E-state index in [9.17, 15) is 0 Å². The molecule has 162 valence electrons. The van der Waals surface area contributed by atoms with Gasteiger partial charge in [-0.05, 0) is 86.9 Å². The van der Waals surface area contributed by atoms with Crippen molar-refractivity contribution in [3.63, 3.8) is 0 Å². The van der Waals surface area contributed by atoms with Crippen molar-refractivity contribution < 1.29 is 0 Å². The standard InChI is InChI=1S/C25H25N5S2/c1-15-11-16(2)13-19(12-15)30-23(22(28-24(30)31)21-7-5-6-8-26-21)20-14-17(3)29(18(20)4)25-27-9-10-32-25/h5-14,22-23H,1-4H3,(H,28,31)/t22-,23+/m1/s1. The summed E-state index contributed by atoms with van der Waals surface area (Å²) >= 11 is 7.54. The summed E-state index contributed by atoms with van der Waals surface area (Å²) in [5.41, 5.74) is 8.06. The molecule has 32 heavy (non-hydrogen) atoms. The minimum atomic E-state index is -0.0604. The predicted octanol–water partition coefficient (Wildman–Crippen LogP) is 5.74. The van der Waals surface area contributed by atoms with Gasteiger partial charge in [0.1, 0.15) is 0 Å². The summed E-state index contributed by atoms with van der Waals surface area (Å²) < 4.78 is 2.23. The van der Waals surface area contributed by atoms with Gasteiger partial charge in [-0.25, -0.2) is 4.98 Å². The molecule has 0 saturated carbocycles.